The molecule has 3 heteroatoms. The van der Waals surface area contributed by atoms with Gasteiger partial charge in [-0.05, 0) is 26.4 Å². The quantitative estimate of drug-likeness (QED) is 0.581. The van der Waals surface area contributed by atoms with Crippen LogP contribution in [0.25, 0.3) is 0 Å². The van der Waals surface area contributed by atoms with E-state index in [4.69, 9.17) is 5.73 Å². The first-order chi connectivity index (χ1) is 6.09. The lowest BCUT2D eigenvalue weighted by Crippen LogP contribution is -2.33. The Kier molecular flexibility index (Phi) is 6.82. The van der Waals surface area contributed by atoms with Crippen molar-refractivity contribution in [2.45, 2.75) is 39.2 Å². The molecule has 0 rings (SSSR count). The van der Waals surface area contributed by atoms with Crippen molar-refractivity contribution in [2.75, 3.05) is 13.6 Å². The van der Waals surface area contributed by atoms with E-state index in [0.717, 1.165) is 25.8 Å². The summed E-state index contributed by atoms with van der Waals surface area (Å²) in [5.74, 6) is 0.253. The van der Waals surface area contributed by atoms with Crippen molar-refractivity contribution in [3.05, 3.63) is 0 Å². The van der Waals surface area contributed by atoms with E-state index in [1.165, 1.54) is 0 Å². The number of carbonyl (C=O) groups is 1. The average Bonchev–Trinajstić information content (AvgIpc) is 2.10. The van der Waals surface area contributed by atoms with Crippen molar-refractivity contribution in [2.24, 2.45) is 11.7 Å². The fraction of sp³-hybridized carbons (Fsp3) is 0.900. The Morgan fingerprint density at radius 1 is 1.38 bits per heavy atom. The Hall–Kier alpha value is -0.410. The Labute approximate surface area is 81.1 Å². The predicted octanol–water partition coefficient (Wildman–Crippen LogP) is 0.928. The summed E-state index contributed by atoms with van der Waals surface area (Å²) >= 11 is 0. The molecule has 13 heavy (non-hydrogen) atoms. The molecule has 0 aliphatic carbocycles. The molecule has 0 heterocycles. The van der Waals surface area contributed by atoms with E-state index >= 15 is 0 Å². The summed E-state index contributed by atoms with van der Waals surface area (Å²) in [6.45, 7) is 4.80. The van der Waals surface area contributed by atoms with Crippen molar-refractivity contribution in [3.63, 3.8) is 0 Å². The molecule has 3 nitrogen and oxygen atoms in total. The van der Waals surface area contributed by atoms with E-state index < -0.39 is 0 Å². The fourth-order valence-electron chi connectivity index (χ4n) is 1.24. The maximum absolute atomic E-state index is 11.4. The van der Waals surface area contributed by atoms with Crippen LogP contribution < -0.4 is 11.1 Å². The van der Waals surface area contributed by atoms with E-state index in [9.17, 15) is 4.79 Å². The molecule has 0 saturated heterocycles. The molecule has 78 valence electrons. The van der Waals surface area contributed by atoms with Gasteiger partial charge in [0.15, 0.2) is 5.78 Å². The zero-order valence-electron chi connectivity index (χ0n) is 8.97. The number of unbranched alkanes of at least 4 members (excludes halogenated alkanes) is 1. The molecular weight excluding hydrogens is 164 g/mol. The zero-order valence-corrected chi connectivity index (χ0v) is 8.97. The maximum atomic E-state index is 11.4. The molecule has 0 spiro atoms. The van der Waals surface area contributed by atoms with E-state index in [1.54, 1.807) is 0 Å². The molecule has 3 N–H and O–H groups in total. The van der Waals surface area contributed by atoms with E-state index in [-0.39, 0.29) is 17.7 Å². The topological polar surface area (TPSA) is 55.1 Å². The molecule has 0 bridgehead atoms. The number of hydrogen-bond donors (Lipinski definition) is 2. The second-order valence-corrected chi connectivity index (χ2v) is 3.76. The van der Waals surface area contributed by atoms with E-state index in [1.807, 2.05) is 20.9 Å². The van der Waals surface area contributed by atoms with Gasteiger partial charge in [0.1, 0.15) is 0 Å². The highest BCUT2D eigenvalue weighted by atomic mass is 16.1. The van der Waals surface area contributed by atoms with Crippen molar-refractivity contribution in [1.29, 1.82) is 0 Å². The molecule has 0 aromatic rings. The lowest BCUT2D eigenvalue weighted by Gasteiger charge is -2.12. The molecule has 0 aromatic carbocycles. The molecule has 0 amide bonds. The van der Waals surface area contributed by atoms with Crippen LogP contribution in [0.5, 0.6) is 0 Å². The summed E-state index contributed by atoms with van der Waals surface area (Å²) in [5.41, 5.74) is 5.73. The number of rotatable bonds is 7. The summed E-state index contributed by atoms with van der Waals surface area (Å²) in [7, 11) is 1.93. The van der Waals surface area contributed by atoms with Gasteiger partial charge in [-0.1, -0.05) is 20.3 Å². The van der Waals surface area contributed by atoms with Crippen LogP contribution in [0.15, 0.2) is 0 Å². The van der Waals surface area contributed by atoms with E-state index in [0.29, 0.717) is 0 Å². The van der Waals surface area contributed by atoms with Gasteiger partial charge in [0.25, 0.3) is 0 Å². The first-order valence-corrected chi connectivity index (χ1v) is 5.03. The van der Waals surface area contributed by atoms with Gasteiger partial charge in [-0.3, -0.25) is 4.79 Å². The molecule has 1 atom stereocenters. The smallest absolute Gasteiger partial charge is 0.152 e. The van der Waals surface area contributed by atoms with Crippen LogP contribution in [0, 0.1) is 5.92 Å². The summed E-state index contributed by atoms with van der Waals surface area (Å²) in [6.07, 6.45) is 2.94. The molecular formula is C10H22N2O. The number of carbonyl (C=O) groups excluding carboxylic acids is 1. The first-order valence-electron chi connectivity index (χ1n) is 5.03. The van der Waals surface area contributed by atoms with Gasteiger partial charge in [-0.25, -0.2) is 0 Å². The highest BCUT2D eigenvalue weighted by Crippen LogP contribution is 2.04. The lowest BCUT2D eigenvalue weighted by molar-refractivity contribution is -0.123. The Morgan fingerprint density at radius 3 is 2.46 bits per heavy atom. The van der Waals surface area contributed by atoms with Crippen LogP contribution in [0.3, 0.4) is 0 Å². The average molecular weight is 186 g/mol. The van der Waals surface area contributed by atoms with Crippen LogP contribution in [0.2, 0.25) is 0 Å². The van der Waals surface area contributed by atoms with Crippen LogP contribution in [0.1, 0.15) is 33.1 Å². The van der Waals surface area contributed by atoms with Crippen LogP contribution in [-0.2, 0) is 4.79 Å². The highest BCUT2D eigenvalue weighted by Gasteiger charge is 2.15. The van der Waals surface area contributed by atoms with Crippen molar-refractivity contribution in [1.82, 2.24) is 5.32 Å². The molecule has 0 aromatic heterocycles. The fourth-order valence-corrected chi connectivity index (χ4v) is 1.24. The van der Waals surface area contributed by atoms with Gasteiger partial charge in [-0.15, -0.1) is 0 Å². The summed E-state index contributed by atoms with van der Waals surface area (Å²) in [4.78, 5) is 11.4. The van der Waals surface area contributed by atoms with Gasteiger partial charge in [0.2, 0.25) is 0 Å². The maximum Gasteiger partial charge on any atom is 0.152 e. The zero-order chi connectivity index (χ0) is 10.3. The molecule has 0 fully saturated rings. The molecule has 0 radical (unpaired) electrons. The number of ketones is 1. The minimum Gasteiger partial charge on any atom is -0.321 e. The predicted molar refractivity (Wildman–Crippen MR) is 55.6 cm³/mol. The van der Waals surface area contributed by atoms with Crippen LogP contribution >= 0.6 is 0 Å². The number of hydrogen-bond acceptors (Lipinski definition) is 3. The Balaban J connectivity index is 3.50. The molecule has 0 aliphatic heterocycles. The monoisotopic (exact) mass is 186 g/mol. The lowest BCUT2D eigenvalue weighted by atomic mass is 9.98. The van der Waals surface area contributed by atoms with Gasteiger partial charge in [0.05, 0.1) is 6.04 Å². The summed E-state index contributed by atoms with van der Waals surface area (Å²) in [6, 6.07) is -0.253. The van der Waals surface area contributed by atoms with Crippen molar-refractivity contribution < 1.29 is 4.79 Å². The van der Waals surface area contributed by atoms with Crippen LogP contribution in [-0.4, -0.2) is 25.4 Å². The van der Waals surface area contributed by atoms with Gasteiger partial charge >= 0.3 is 0 Å². The SMILES string of the molecule is CNCCCCC(N)C(=O)C(C)C. The minimum absolute atomic E-state index is 0.0688. The Morgan fingerprint density at radius 2 is 2.00 bits per heavy atom. The highest BCUT2D eigenvalue weighted by molar-refractivity contribution is 5.85. The second-order valence-electron chi connectivity index (χ2n) is 3.76. The van der Waals surface area contributed by atoms with E-state index in [2.05, 4.69) is 5.32 Å². The second kappa shape index (κ2) is 7.04. The van der Waals surface area contributed by atoms with Crippen LogP contribution in [0.4, 0.5) is 0 Å². The third kappa shape index (κ3) is 5.77. The number of Topliss-reactive ketones (excluding diaryl/α,β-unsaturated/α-hetero) is 1. The van der Waals surface area contributed by atoms with Crippen molar-refractivity contribution in [3.8, 4) is 0 Å². The van der Waals surface area contributed by atoms with Gasteiger partial charge in [0, 0.05) is 5.92 Å². The third-order valence-electron chi connectivity index (χ3n) is 2.13. The molecule has 0 saturated carbocycles. The molecule has 1 unspecified atom stereocenters. The van der Waals surface area contributed by atoms with Crippen molar-refractivity contribution >= 4 is 5.78 Å². The third-order valence-corrected chi connectivity index (χ3v) is 2.13. The normalized spacial score (nSPS) is 13.3. The standard InChI is InChI=1S/C10H22N2O/c1-8(2)10(13)9(11)6-4-5-7-12-3/h8-9,12H,4-7,11H2,1-3H3. The number of nitrogens with one attached hydrogen (secondary N) is 1. The largest absolute Gasteiger partial charge is 0.321 e. The van der Waals surface area contributed by atoms with Gasteiger partial charge < -0.3 is 11.1 Å². The number of nitrogens with two attached hydrogens (primary N) is 1. The molecule has 0 aliphatic rings. The van der Waals surface area contributed by atoms with Gasteiger partial charge in [-0.2, -0.15) is 0 Å². The summed E-state index contributed by atoms with van der Waals surface area (Å²) < 4.78 is 0. The minimum atomic E-state index is -0.253. The first kappa shape index (κ1) is 12.6. The Bertz CT molecular complexity index is 146. The summed E-state index contributed by atoms with van der Waals surface area (Å²) in [5, 5.41) is 3.07.